The average Bonchev–Trinajstić information content (AvgIpc) is 3.67. The minimum atomic E-state index is -4.44. The number of carbonyl (C=O) groups is 1. The Balaban J connectivity index is 1.20. The highest BCUT2D eigenvalue weighted by molar-refractivity contribution is 5.94. The van der Waals surface area contributed by atoms with E-state index in [9.17, 15) is 28.2 Å². The number of aliphatic hydroxyl groups is 1. The van der Waals surface area contributed by atoms with Crippen LogP contribution in [0.5, 0.6) is 11.5 Å². The van der Waals surface area contributed by atoms with E-state index in [1.165, 1.54) is 25.0 Å². The van der Waals surface area contributed by atoms with Crippen molar-refractivity contribution in [1.29, 1.82) is 0 Å². The molecule has 2 heterocycles. The fourth-order valence-corrected chi connectivity index (χ4v) is 7.96. The van der Waals surface area contributed by atoms with Crippen LogP contribution in [0.4, 0.5) is 13.2 Å². The van der Waals surface area contributed by atoms with Crippen molar-refractivity contribution in [1.82, 2.24) is 9.80 Å². The second-order valence-corrected chi connectivity index (χ2v) is 12.1. The molecule has 0 radical (unpaired) electrons. The van der Waals surface area contributed by atoms with Crippen LogP contribution < -0.4 is 4.74 Å². The molecule has 1 amide bonds. The van der Waals surface area contributed by atoms with Gasteiger partial charge in [0, 0.05) is 36.7 Å². The normalized spacial score (nSPS) is 32.0. The van der Waals surface area contributed by atoms with Gasteiger partial charge in [0.1, 0.15) is 6.10 Å². The Morgan fingerprint density at radius 1 is 1.15 bits per heavy atom. The van der Waals surface area contributed by atoms with E-state index < -0.39 is 40.8 Å². The maximum absolute atomic E-state index is 13.3. The lowest BCUT2D eigenvalue weighted by atomic mass is 9.48. The van der Waals surface area contributed by atoms with Crippen LogP contribution in [0.15, 0.2) is 36.4 Å². The smallest absolute Gasteiger partial charge is 0.416 e. The van der Waals surface area contributed by atoms with Gasteiger partial charge >= 0.3 is 6.18 Å². The summed E-state index contributed by atoms with van der Waals surface area (Å²) in [4.78, 5) is 17.3. The third-order valence-electron chi connectivity index (χ3n) is 10.1. The monoisotopic (exact) mass is 552 g/mol. The zero-order valence-corrected chi connectivity index (χ0v) is 22.2. The van der Waals surface area contributed by atoms with Crippen molar-refractivity contribution in [2.45, 2.75) is 73.9 Å². The summed E-state index contributed by atoms with van der Waals surface area (Å²) in [5.74, 6) is 5.94. The Morgan fingerprint density at radius 3 is 2.60 bits per heavy atom. The molecule has 3 fully saturated rings. The summed E-state index contributed by atoms with van der Waals surface area (Å²) in [5.41, 5.74) is -0.291. The molecule has 9 heteroatoms. The summed E-state index contributed by atoms with van der Waals surface area (Å²) in [6, 6.07) is 7.54. The SMILES string of the molecule is CN(C(=O)C#Cc1ccc(C(F)(F)F)cc1)[C@@H]1CC[C@@]2(O)[C@H]3Cc4ccc(O)c5c4[C@@]2(CCN3CC2CC2)[C@H]1O5. The average molecular weight is 553 g/mol. The zero-order chi connectivity index (χ0) is 28.0. The van der Waals surface area contributed by atoms with Gasteiger partial charge in [-0.15, -0.1) is 0 Å². The fourth-order valence-electron chi connectivity index (χ4n) is 7.96. The third-order valence-corrected chi connectivity index (χ3v) is 10.1. The lowest BCUT2D eigenvalue weighted by Gasteiger charge is -2.64. The van der Waals surface area contributed by atoms with E-state index in [-0.39, 0.29) is 11.8 Å². The molecule has 210 valence electrons. The first-order valence-electron chi connectivity index (χ1n) is 14.0. The molecule has 1 spiro atoms. The van der Waals surface area contributed by atoms with E-state index in [1.807, 2.05) is 6.07 Å². The van der Waals surface area contributed by atoms with Crippen molar-refractivity contribution in [3.05, 3.63) is 58.7 Å². The number of halogens is 3. The van der Waals surface area contributed by atoms with Gasteiger partial charge in [-0.2, -0.15) is 13.2 Å². The van der Waals surface area contributed by atoms with Crippen LogP contribution in [-0.4, -0.2) is 69.8 Å². The van der Waals surface area contributed by atoms with Crippen LogP contribution in [0.2, 0.25) is 0 Å². The highest BCUT2D eigenvalue weighted by Gasteiger charge is 2.73. The van der Waals surface area contributed by atoms with Crippen LogP contribution >= 0.6 is 0 Å². The number of piperidine rings is 1. The number of ether oxygens (including phenoxy) is 1. The number of amides is 1. The van der Waals surface area contributed by atoms with Crippen LogP contribution in [-0.2, 0) is 22.8 Å². The number of likely N-dealkylation sites (tertiary alicyclic amines) is 1. The zero-order valence-electron chi connectivity index (χ0n) is 22.2. The predicted octanol–water partition coefficient (Wildman–Crippen LogP) is 3.85. The number of carbonyl (C=O) groups excluding carboxylic acids is 1. The molecule has 40 heavy (non-hydrogen) atoms. The highest BCUT2D eigenvalue weighted by atomic mass is 19.4. The number of rotatable bonds is 3. The maximum Gasteiger partial charge on any atom is 0.416 e. The van der Waals surface area contributed by atoms with Crippen molar-refractivity contribution >= 4 is 5.91 Å². The van der Waals surface area contributed by atoms with Gasteiger partial charge in [-0.1, -0.05) is 12.0 Å². The number of hydrogen-bond donors (Lipinski definition) is 2. The van der Waals surface area contributed by atoms with E-state index in [2.05, 4.69) is 16.7 Å². The molecule has 6 nitrogen and oxygen atoms in total. The number of phenols is 1. The van der Waals surface area contributed by atoms with Crippen molar-refractivity contribution < 1.29 is 32.9 Å². The molecular formula is C31H31F3N2O4. The summed E-state index contributed by atoms with van der Waals surface area (Å²) in [6.45, 7) is 1.80. The number of alkyl halides is 3. The molecule has 2 saturated carbocycles. The van der Waals surface area contributed by atoms with E-state index in [1.54, 1.807) is 18.0 Å². The van der Waals surface area contributed by atoms with Crippen molar-refractivity contribution in [3.63, 3.8) is 0 Å². The Labute approximate surface area is 230 Å². The molecule has 1 saturated heterocycles. The molecular weight excluding hydrogens is 521 g/mol. The number of likely N-dealkylation sites (N-methyl/N-ethyl adjacent to an activating group) is 1. The number of benzene rings is 2. The quantitative estimate of drug-likeness (QED) is 0.566. The number of nitrogens with zero attached hydrogens (tertiary/aromatic N) is 2. The largest absolute Gasteiger partial charge is 0.504 e. The van der Waals surface area contributed by atoms with Gasteiger partial charge < -0.3 is 19.8 Å². The molecule has 2 aliphatic heterocycles. The minimum Gasteiger partial charge on any atom is -0.504 e. The third kappa shape index (κ3) is 3.61. The van der Waals surface area contributed by atoms with E-state index in [4.69, 9.17) is 4.74 Å². The molecule has 2 aromatic carbocycles. The number of phenolic OH excluding ortho intramolecular Hbond substituents is 1. The highest BCUT2D eigenvalue weighted by Crippen LogP contribution is 2.66. The molecule has 2 N–H and O–H groups in total. The molecule has 2 aromatic rings. The van der Waals surface area contributed by atoms with E-state index >= 15 is 0 Å². The van der Waals surface area contributed by atoms with Crippen LogP contribution in [0, 0.1) is 17.8 Å². The van der Waals surface area contributed by atoms with Crippen LogP contribution in [0.1, 0.15) is 54.4 Å². The van der Waals surface area contributed by atoms with Gasteiger partial charge in [0.05, 0.1) is 22.6 Å². The van der Waals surface area contributed by atoms with Crippen LogP contribution in [0.3, 0.4) is 0 Å². The lowest BCUT2D eigenvalue weighted by molar-refractivity contribution is -0.199. The second-order valence-electron chi connectivity index (χ2n) is 12.1. The first kappa shape index (κ1) is 25.7. The molecule has 5 atom stereocenters. The first-order chi connectivity index (χ1) is 19.0. The maximum atomic E-state index is 13.3. The summed E-state index contributed by atoms with van der Waals surface area (Å²) in [5, 5.41) is 23.4. The molecule has 7 rings (SSSR count). The van der Waals surface area contributed by atoms with Gasteiger partial charge in [-0.3, -0.25) is 9.69 Å². The Hall–Kier alpha value is -3.22. The molecule has 3 aliphatic carbocycles. The Kier molecular flexibility index (Phi) is 5.56. The predicted molar refractivity (Wildman–Crippen MR) is 140 cm³/mol. The number of hydrogen-bond acceptors (Lipinski definition) is 5. The Morgan fingerprint density at radius 2 is 1.90 bits per heavy atom. The second kappa shape index (κ2) is 8.64. The van der Waals surface area contributed by atoms with Gasteiger partial charge in [0.25, 0.3) is 5.91 Å². The van der Waals surface area contributed by atoms with Crippen molar-refractivity contribution in [2.75, 3.05) is 20.1 Å². The standard InChI is InChI=1S/C31H31F3N2O4/c1-35(25(38)11-6-18-4-8-21(9-5-18)31(32,33)34)22-12-13-30(39)24-16-20-7-10-23(37)27-26(20)29(30,28(22)40-27)14-15-36(24)17-19-2-3-19/h4-5,7-10,19,22,24,28,37,39H,2-3,12-17H2,1H3/t22-,24-,28+,29+,30-/m1/s1. The van der Waals surface area contributed by atoms with E-state index in [0.717, 1.165) is 36.3 Å². The summed E-state index contributed by atoms with van der Waals surface area (Å²) in [6.07, 6.45) is -0.180. The molecule has 0 aromatic heterocycles. The van der Waals surface area contributed by atoms with Crippen molar-refractivity contribution in [3.8, 4) is 23.3 Å². The summed E-state index contributed by atoms with van der Waals surface area (Å²) in [7, 11) is 1.66. The fraction of sp³-hybridized carbons (Fsp3) is 0.516. The van der Waals surface area contributed by atoms with Crippen LogP contribution in [0.25, 0.3) is 0 Å². The van der Waals surface area contributed by atoms with Gasteiger partial charge in [0.15, 0.2) is 11.5 Å². The Bertz CT molecular complexity index is 1440. The summed E-state index contributed by atoms with van der Waals surface area (Å²) >= 11 is 0. The van der Waals surface area contributed by atoms with Gasteiger partial charge in [-0.25, -0.2) is 0 Å². The van der Waals surface area contributed by atoms with Crippen molar-refractivity contribution in [2.24, 2.45) is 5.92 Å². The molecule has 0 unspecified atom stereocenters. The van der Waals surface area contributed by atoms with Gasteiger partial charge in [0.2, 0.25) is 0 Å². The number of aromatic hydroxyl groups is 1. The van der Waals surface area contributed by atoms with Gasteiger partial charge in [-0.05, 0) is 86.9 Å². The van der Waals surface area contributed by atoms with E-state index in [0.29, 0.717) is 42.9 Å². The minimum absolute atomic E-state index is 0.0403. The topological polar surface area (TPSA) is 73.2 Å². The molecule has 5 aliphatic rings. The lowest BCUT2D eigenvalue weighted by Crippen LogP contribution is -2.78. The molecule has 2 bridgehead atoms. The summed E-state index contributed by atoms with van der Waals surface area (Å²) < 4.78 is 45.2. The first-order valence-corrected chi connectivity index (χ1v) is 14.0.